The van der Waals surface area contributed by atoms with E-state index in [4.69, 9.17) is 5.41 Å². The van der Waals surface area contributed by atoms with Gasteiger partial charge in [0.05, 0.1) is 5.84 Å². The highest BCUT2D eigenvalue weighted by Gasteiger charge is 2.15. The third kappa shape index (κ3) is 2.18. The van der Waals surface area contributed by atoms with Gasteiger partial charge in [-0.2, -0.15) is 0 Å². The van der Waals surface area contributed by atoms with E-state index in [1.807, 2.05) is 11.9 Å². The first-order valence-electron chi connectivity index (χ1n) is 3.48. The maximum Gasteiger partial charge on any atom is 0.0955 e. The fourth-order valence-corrected chi connectivity index (χ4v) is 1.24. The molecule has 0 amide bonds. The van der Waals surface area contributed by atoms with Gasteiger partial charge in [-0.15, -0.1) is 12.4 Å². The average Bonchev–Trinajstić information content (AvgIpc) is 1.80. The van der Waals surface area contributed by atoms with Crippen molar-refractivity contribution in [3.63, 3.8) is 0 Å². The van der Waals surface area contributed by atoms with Gasteiger partial charge in [-0.1, -0.05) is 6.92 Å². The van der Waals surface area contributed by atoms with Gasteiger partial charge in [0.25, 0.3) is 0 Å². The van der Waals surface area contributed by atoms with Crippen LogP contribution < -0.4 is 0 Å². The van der Waals surface area contributed by atoms with Crippen LogP contribution in [-0.4, -0.2) is 24.3 Å². The molecule has 0 spiro atoms. The Morgan fingerprint density at radius 3 is 2.60 bits per heavy atom. The van der Waals surface area contributed by atoms with E-state index in [-0.39, 0.29) is 12.4 Å². The minimum atomic E-state index is 0. The summed E-state index contributed by atoms with van der Waals surface area (Å²) in [6.07, 6.45) is 2.17. The second-order valence-electron chi connectivity index (χ2n) is 2.97. The first-order chi connectivity index (χ1) is 4.20. The SMILES string of the molecule is C[C@@H]1CCC(=N)N(C)C1.Cl. The molecule has 2 nitrogen and oxygen atoms in total. The molecular formula is C7H15ClN2. The van der Waals surface area contributed by atoms with Crippen LogP contribution in [0.5, 0.6) is 0 Å². The van der Waals surface area contributed by atoms with E-state index >= 15 is 0 Å². The van der Waals surface area contributed by atoms with Gasteiger partial charge in [-0.3, -0.25) is 5.41 Å². The molecule has 60 valence electrons. The lowest BCUT2D eigenvalue weighted by Crippen LogP contribution is -2.35. The molecule has 1 atom stereocenters. The zero-order chi connectivity index (χ0) is 6.85. The number of halogens is 1. The van der Waals surface area contributed by atoms with Gasteiger partial charge in [-0.05, 0) is 12.3 Å². The van der Waals surface area contributed by atoms with Crippen molar-refractivity contribution in [1.29, 1.82) is 5.41 Å². The summed E-state index contributed by atoms with van der Waals surface area (Å²) >= 11 is 0. The van der Waals surface area contributed by atoms with Crippen LogP contribution in [0.4, 0.5) is 0 Å². The van der Waals surface area contributed by atoms with Crippen molar-refractivity contribution >= 4 is 18.2 Å². The molecule has 1 heterocycles. The van der Waals surface area contributed by atoms with Gasteiger partial charge < -0.3 is 4.90 Å². The molecule has 0 saturated carbocycles. The number of likely N-dealkylation sites (tertiary alicyclic amines) is 1. The molecule has 1 saturated heterocycles. The summed E-state index contributed by atoms with van der Waals surface area (Å²) in [5.41, 5.74) is 0. The van der Waals surface area contributed by atoms with Crippen molar-refractivity contribution in [3.05, 3.63) is 0 Å². The van der Waals surface area contributed by atoms with Gasteiger partial charge >= 0.3 is 0 Å². The molecule has 0 aromatic rings. The Morgan fingerprint density at radius 2 is 2.20 bits per heavy atom. The molecule has 1 N–H and O–H groups in total. The highest BCUT2D eigenvalue weighted by atomic mass is 35.5. The van der Waals surface area contributed by atoms with Crippen molar-refractivity contribution in [3.8, 4) is 0 Å². The smallest absolute Gasteiger partial charge is 0.0955 e. The lowest BCUT2D eigenvalue weighted by Gasteiger charge is -2.29. The van der Waals surface area contributed by atoms with Crippen LogP contribution in [-0.2, 0) is 0 Å². The predicted octanol–water partition coefficient (Wildman–Crippen LogP) is 1.75. The number of hydrogen-bond acceptors (Lipinski definition) is 1. The van der Waals surface area contributed by atoms with E-state index in [1.54, 1.807) is 0 Å². The zero-order valence-electron chi connectivity index (χ0n) is 6.55. The van der Waals surface area contributed by atoms with E-state index in [9.17, 15) is 0 Å². The first kappa shape index (κ1) is 9.76. The minimum absolute atomic E-state index is 0. The van der Waals surface area contributed by atoms with Crippen molar-refractivity contribution in [2.24, 2.45) is 5.92 Å². The molecule has 1 fully saturated rings. The summed E-state index contributed by atoms with van der Waals surface area (Å²) in [6.45, 7) is 3.31. The van der Waals surface area contributed by atoms with Gasteiger partial charge in [0.2, 0.25) is 0 Å². The molecule has 1 aliphatic rings. The van der Waals surface area contributed by atoms with Gasteiger partial charge in [0.1, 0.15) is 0 Å². The number of nitrogens with one attached hydrogen (secondary N) is 1. The lowest BCUT2D eigenvalue weighted by molar-refractivity contribution is 0.345. The van der Waals surface area contributed by atoms with Crippen LogP contribution in [0.1, 0.15) is 19.8 Å². The maximum atomic E-state index is 7.41. The Morgan fingerprint density at radius 1 is 1.60 bits per heavy atom. The molecule has 0 unspecified atom stereocenters. The van der Waals surface area contributed by atoms with Crippen LogP contribution in [0, 0.1) is 11.3 Å². The van der Waals surface area contributed by atoms with E-state index in [2.05, 4.69) is 6.92 Å². The summed E-state index contributed by atoms with van der Waals surface area (Å²) in [5, 5.41) is 7.41. The molecule has 0 aromatic heterocycles. The van der Waals surface area contributed by atoms with Gasteiger partial charge in [-0.25, -0.2) is 0 Å². The highest BCUT2D eigenvalue weighted by Crippen LogP contribution is 2.14. The number of hydrogen-bond donors (Lipinski definition) is 1. The maximum absolute atomic E-state index is 7.41. The molecule has 0 aromatic carbocycles. The van der Waals surface area contributed by atoms with Crippen LogP contribution in [0.3, 0.4) is 0 Å². The molecule has 1 rings (SSSR count). The summed E-state index contributed by atoms with van der Waals surface area (Å²) in [4.78, 5) is 2.04. The number of nitrogens with zero attached hydrogens (tertiary/aromatic N) is 1. The summed E-state index contributed by atoms with van der Waals surface area (Å²) in [7, 11) is 2.00. The zero-order valence-corrected chi connectivity index (χ0v) is 7.37. The third-order valence-corrected chi connectivity index (χ3v) is 1.92. The molecule has 0 aliphatic carbocycles. The fourth-order valence-electron chi connectivity index (χ4n) is 1.24. The summed E-state index contributed by atoms with van der Waals surface area (Å²) < 4.78 is 0. The summed E-state index contributed by atoms with van der Waals surface area (Å²) in [5.74, 6) is 1.58. The third-order valence-electron chi connectivity index (χ3n) is 1.92. The number of piperidine rings is 1. The Balaban J connectivity index is 0.000000810. The Bertz CT molecular complexity index is 125. The second-order valence-corrected chi connectivity index (χ2v) is 2.97. The fraction of sp³-hybridized carbons (Fsp3) is 0.857. The molecular weight excluding hydrogens is 148 g/mol. The van der Waals surface area contributed by atoms with Crippen molar-refractivity contribution in [2.45, 2.75) is 19.8 Å². The largest absolute Gasteiger partial charge is 0.363 e. The van der Waals surface area contributed by atoms with Gasteiger partial charge in [0, 0.05) is 20.0 Å². The molecule has 1 aliphatic heterocycles. The van der Waals surface area contributed by atoms with E-state index in [0.717, 1.165) is 24.7 Å². The van der Waals surface area contributed by atoms with Crippen molar-refractivity contribution < 1.29 is 0 Å². The van der Waals surface area contributed by atoms with Crippen LogP contribution in [0.2, 0.25) is 0 Å². The topological polar surface area (TPSA) is 27.1 Å². The van der Waals surface area contributed by atoms with E-state index in [0.29, 0.717) is 0 Å². The monoisotopic (exact) mass is 162 g/mol. The summed E-state index contributed by atoms with van der Waals surface area (Å²) in [6, 6.07) is 0. The van der Waals surface area contributed by atoms with Crippen LogP contribution in [0.25, 0.3) is 0 Å². The average molecular weight is 163 g/mol. The highest BCUT2D eigenvalue weighted by molar-refractivity contribution is 5.85. The number of amidine groups is 1. The Labute approximate surface area is 68.5 Å². The Kier molecular flexibility index (Phi) is 3.72. The van der Waals surface area contributed by atoms with Gasteiger partial charge in [0.15, 0.2) is 0 Å². The molecule has 10 heavy (non-hydrogen) atoms. The van der Waals surface area contributed by atoms with Crippen LogP contribution in [0.15, 0.2) is 0 Å². The quantitative estimate of drug-likeness (QED) is 0.578. The van der Waals surface area contributed by atoms with Crippen LogP contribution >= 0.6 is 12.4 Å². The Hall–Kier alpha value is -0.240. The second kappa shape index (κ2) is 3.81. The first-order valence-corrected chi connectivity index (χ1v) is 3.48. The van der Waals surface area contributed by atoms with Crippen molar-refractivity contribution in [2.75, 3.05) is 13.6 Å². The molecule has 0 radical (unpaired) electrons. The lowest BCUT2D eigenvalue weighted by atomic mass is 10.0. The standard InChI is InChI=1S/C7H14N2.ClH/c1-6-3-4-7(8)9(2)5-6;/h6,8H,3-5H2,1-2H3;1H/t6-;/m1./s1. The minimum Gasteiger partial charge on any atom is -0.363 e. The predicted molar refractivity (Wildman–Crippen MR) is 46.0 cm³/mol. The molecule has 3 heteroatoms. The van der Waals surface area contributed by atoms with E-state index < -0.39 is 0 Å². The number of rotatable bonds is 0. The molecule has 0 bridgehead atoms. The van der Waals surface area contributed by atoms with E-state index in [1.165, 1.54) is 6.42 Å². The van der Waals surface area contributed by atoms with Crippen molar-refractivity contribution in [1.82, 2.24) is 4.90 Å². The normalized spacial score (nSPS) is 26.0.